The molecule has 2 N–H and O–H groups in total. The normalized spacial score (nSPS) is 12.2. The molecule has 76 valence electrons. The maximum Gasteiger partial charge on any atom is 0.312 e. The van der Waals surface area contributed by atoms with Crippen molar-refractivity contribution in [1.29, 1.82) is 0 Å². The highest BCUT2D eigenvalue weighted by Gasteiger charge is 2.12. The van der Waals surface area contributed by atoms with Crippen molar-refractivity contribution in [2.24, 2.45) is 0 Å². The third-order valence-corrected chi connectivity index (χ3v) is 1.54. The zero-order valence-electron chi connectivity index (χ0n) is 7.87. The Balaban J connectivity index is 3.79. The van der Waals surface area contributed by atoms with Crippen molar-refractivity contribution in [1.82, 2.24) is 5.32 Å². The highest BCUT2D eigenvalue weighted by molar-refractivity contribution is 5.93. The van der Waals surface area contributed by atoms with E-state index in [-0.39, 0.29) is 6.04 Å². The van der Waals surface area contributed by atoms with Crippen LogP contribution in [0.25, 0.3) is 0 Å². The Kier molecular flexibility index (Phi) is 5.88. The Morgan fingerprint density at radius 1 is 1.54 bits per heavy atom. The highest BCUT2D eigenvalue weighted by atomic mass is 16.5. The number of ether oxygens (including phenoxy) is 1. The van der Waals surface area contributed by atoms with E-state index in [1.807, 2.05) is 6.92 Å². The van der Waals surface area contributed by atoms with Gasteiger partial charge in [0.1, 0.15) is 6.42 Å². The number of nitrogens with one attached hydrogen (secondary N) is 1. The summed E-state index contributed by atoms with van der Waals surface area (Å²) >= 11 is 0. The molecule has 0 fully saturated rings. The quantitative estimate of drug-likeness (QED) is 0.577. The van der Waals surface area contributed by atoms with Gasteiger partial charge in [-0.2, -0.15) is 0 Å². The Bertz CT molecular complexity index is 181. The first kappa shape index (κ1) is 11.9. The fourth-order valence-electron chi connectivity index (χ4n) is 0.879. The van der Waals surface area contributed by atoms with Crippen molar-refractivity contribution in [2.45, 2.75) is 25.8 Å². The smallest absolute Gasteiger partial charge is 0.312 e. The van der Waals surface area contributed by atoms with Crippen LogP contribution in [0, 0.1) is 0 Å². The first-order valence-electron chi connectivity index (χ1n) is 4.10. The number of carbonyl (C=O) groups excluding carboxylic acids is 1. The van der Waals surface area contributed by atoms with Gasteiger partial charge in [0.25, 0.3) is 0 Å². The molecule has 0 saturated heterocycles. The number of carboxylic acids is 1. The Hall–Kier alpha value is -1.10. The number of carbonyl (C=O) groups is 2. The molecule has 5 heteroatoms. The standard InChI is InChI=1S/C8H15NO4/c1-3-6(5-13-2)9-7(10)4-8(11)12/h6H,3-5H2,1-2H3,(H,9,10)(H,11,12). The molecule has 13 heavy (non-hydrogen) atoms. The average molecular weight is 189 g/mol. The minimum Gasteiger partial charge on any atom is -0.481 e. The molecule has 1 unspecified atom stereocenters. The third-order valence-electron chi connectivity index (χ3n) is 1.54. The van der Waals surface area contributed by atoms with Crippen molar-refractivity contribution in [3.63, 3.8) is 0 Å². The van der Waals surface area contributed by atoms with Gasteiger partial charge in [-0.15, -0.1) is 0 Å². The van der Waals surface area contributed by atoms with E-state index < -0.39 is 18.3 Å². The summed E-state index contributed by atoms with van der Waals surface area (Å²) in [7, 11) is 1.53. The van der Waals surface area contributed by atoms with E-state index in [9.17, 15) is 9.59 Å². The van der Waals surface area contributed by atoms with E-state index in [1.54, 1.807) is 0 Å². The minimum atomic E-state index is -1.12. The number of carboxylic acid groups (broad SMARTS) is 1. The number of amides is 1. The second-order valence-corrected chi connectivity index (χ2v) is 2.70. The summed E-state index contributed by atoms with van der Waals surface area (Å²) in [6.07, 6.45) is 0.236. The fraction of sp³-hybridized carbons (Fsp3) is 0.750. The topological polar surface area (TPSA) is 75.6 Å². The van der Waals surface area contributed by atoms with Gasteiger partial charge in [-0.05, 0) is 6.42 Å². The van der Waals surface area contributed by atoms with Crippen LogP contribution in [-0.2, 0) is 14.3 Å². The molecule has 1 amide bonds. The molecule has 0 aliphatic heterocycles. The van der Waals surface area contributed by atoms with Gasteiger partial charge in [-0.1, -0.05) is 6.92 Å². The summed E-state index contributed by atoms with van der Waals surface area (Å²) in [6.45, 7) is 2.30. The lowest BCUT2D eigenvalue weighted by atomic mass is 10.2. The molecule has 1 atom stereocenters. The molecule has 0 bridgehead atoms. The van der Waals surface area contributed by atoms with Crippen LogP contribution in [0.5, 0.6) is 0 Å². The first-order valence-corrected chi connectivity index (χ1v) is 4.10. The van der Waals surface area contributed by atoms with E-state index in [2.05, 4.69) is 5.32 Å². The third kappa shape index (κ3) is 6.10. The second-order valence-electron chi connectivity index (χ2n) is 2.70. The van der Waals surface area contributed by atoms with Crippen LogP contribution >= 0.6 is 0 Å². The number of hydrogen-bond donors (Lipinski definition) is 2. The van der Waals surface area contributed by atoms with Crippen LogP contribution in [0.2, 0.25) is 0 Å². The van der Waals surface area contributed by atoms with Crippen LogP contribution in [-0.4, -0.2) is 36.7 Å². The minimum absolute atomic E-state index is 0.100. The van der Waals surface area contributed by atoms with Crippen molar-refractivity contribution in [3.8, 4) is 0 Å². The molecule has 0 aromatic carbocycles. The molecule has 0 heterocycles. The molecular formula is C8H15NO4. The predicted molar refractivity (Wildman–Crippen MR) is 46.4 cm³/mol. The van der Waals surface area contributed by atoms with Gasteiger partial charge in [-0.3, -0.25) is 9.59 Å². The van der Waals surface area contributed by atoms with Crippen molar-refractivity contribution in [3.05, 3.63) is 0 Å². The predicted octanol–water partition coefficient (Wildman–Crippen LogP) is 0.00230. The molecule has 0 rings (SSSR count). The second kappa shape index (κ2) is 6.42. The van der Waals surface area contributed by atoms with Gasteiger partial charge in [0.15, 0.2) is 0 Å². The lowest BCUT2D eigenvalue weighted by Crippen LogP contribution is -2.38. The largest absolute Gasteiger partial charge is 0.481 e. The van der Waals surface area contributed by atoms with Gasteiger partial charge >= 0.3 is 5.97 Å². The summed E-state index contributed by atoms with van der Waals surface area (Å²) in [5.74, 6) is -1.60. The summed E-state index contributed by atoms with van der Waals surface area (Å²) in [5, 5.41) is 10.9. The SMILES string of the molecule is CCC(COC)NC(=O)CC(=O)O. The monoisotopic (exact) mass is 189 g/mol. The van der Waals surface area contributed by atoms with Crippen LogP contribution in [0.1, 0.15) is 19.8 Å². The highest BCUT2D eigenvalue weighted by Crippen LogP contribution is 1.92. The lowest BCUT2D eigenvalue weighted by Gasteiger charge is -2.14. The van der Waals surface area contributed by atoms with Crippen molar-refractivity contribution < 1.29 is 19.4 Å². The molecule has 0 saturated carbocycles. The molecule has 0 aromatic rings. The number of rotatable bonds is 6. The van der Waals surface area contributed by atoms with E-state index in [0.717, 1.165) is 6.42 Å². The average Bonchev–Trinajstić information content (AvgIpc) is 2.02. The molecular weight excluding hydrogens is 174 g/mol. The Labute approximate surface area is 77.1 Å². The maximum absolute atomic E-state index is 11.0. The van der Waals surface area contributed by atoms with E-state index >= 15 is 0 Å². The summed E-state index contributed by atoms with van der Waals surface area (Å²) < 4.78 is 4.84. The number of hydrogen-bond acceptors (Lipinski definition) is 3. The Morgan fingerprint density at radius 3 is 2.54 bits per heavy atom. The van der Waals surface area contributed by atoms with Gasteiger partial charge < -0.3 is 15.2 Å². The van der Waals surface area contributed by atoms with E-state index in [0.29, 0.717) is 6.61 Å². The Morgan fingerprint density at radius 2 is 2.15 bits per heavy atom. The number of aliphatic carboxylic acids is 1. The molecule has 5 nitrogen and oxygen atoms in total. The molecule has 0 aromatic heterocycles. The zero-order valence-corrected chi connectivity index (χ0v) is 7.87. The zero-order chi connectivity index (χ0) is 10.3. The van der Waals surface area contributed by atoms with Gasteiger partial charge in [-0.25, -0.2) is 0 Å². The van der Waals surface area contributed by atoms with Crippen LogP contribution in [0.4, 0.5) is 0 Å². The maximum atomic E-state index is 11.0. The van der Waals surface area contributed by atoms with Crippen LogP contribution in [0.3, 0.4) is 0 Å². The van der Waals surface area contributed by atoms with Gasteiger partial charge in [0, 0.05) is 7.11 Å². The van der Waals surface area contributed by atoms with E-state index in [4.69, 9.17) is 9.84 Å². The van der Waals surface area contributed by atoms with Crippen molar-refractivity contribution in [2.75, 3.05) is 13.7 Å². The van der Waals surface area contributed by atoms with Crippen LogP contribution in [0.15, 0.2) is 0 Å². The first-order chi connectivity index (χ1) is 6.10. The lowest BCUT2D eigenvalue weighted by molar-refractivity contribution is -0.141. The summed E-state index contributed by atoms with van der Waals surface area (Å²) in [5.41, 5.74) is 0. The molecule has 0 radical (unpaired) electrons. The number of methoxy groups -OCH3 is 1. The van der Waals surface area contributed by atoms with Crippen LogP contribution < -0.4 is 5.32 Å². The van der Waals surface area contributed by atoms with Crippen molar-refractivity contribution >= 4 is 11.9 Å². The van der Waals surface area contributed by atoms with Gasteiger partial charge in [0.05, 0.1) is 12.6 Å². The fourth-order valence-corrected chi connectivity index (χ4v) is 0.879. The summed E-state index contributed by atoms with van der Waals surface area (Å²) in [6, 6.07) is -0.100. The van der Waals surface area contributed by atoms with Gasteiger partial charge in [0.2, 0.25) is 5.91 Å². The summed E-state index contributed by atoms with van der Waals surface area (Å²) in [4.78, 5) is 21.1. The molecule has 0 aliphatic carbocycles. The van der Waals surface area contributed by atoms with E-state index in [1.165, 1.54) is 7.11 Å². The molecule has 0 spiro atoms. The molecule has 0 aliphatic rings.